The standard InChI is InChI=1S/C29H25BrCl2N2O5S/c1-4-38-24-11-18(10-21(30)27(24)39-15-19-6-7-20(31)13-22(19)32)12-25-28(36)34(29(37)40-25)14-26(35)33-23-8-5-16(2)9-17(23)3/h5-13H,4,14-15H2,1-3H3,(H,33,35)/b25-12-. The zero-order valence-corrected chi connectivity index (χ0v) is 25.8. The van der Waals surface area contributed by atoms with Gasteiger partial charge in [-0.25, -0.2) is 0 Å². The van der Waals surface area contributed by atoms with Gasteiger partial charge in [-0.15, -0.1) is 0 Å². The van der Waals surface area contributed by atoms with Crippen LogP contribution in [0, 0.1) is 13.8 Å². The van der Waals surface area contributed by atoms with Crippen LogP contribution in [-0.2, 0) is 16.2 Å². The lowest BCUT2D eigenvalue weighted by Gasteiger charge is -2.15. The number of rotatable bonds is 9. The Labute approximate surface area is 254 Å². The monoisotopic (exact) mass is 662 g/mol. The Balaban J connectivity index is 1.50. The van der Waals surface area contributed by atoms with Crippen molar-refractivity contribution in [3.63, 3.8) is 0 Å². The lowest BCUT2D eigenvalue weighted by molar-refractivity contribution is -0.127. The molecule has 1 heterocycles. The van der Waals surface area contributed by atoms with Crippen LogP contribution in [-0.4, -0.2) is 35.1 Å². The Bertz CT molecular complexity index is 1530. The molecule has 7 nitrogen and oxygen atoms in total. The van der Waals surface area contributed by atoms with Gasteiger partial charge >= 0.3 is 0 Å². The van der Waals surface area contributed by atoms with Gasteiger partial charge in [0.25, 0.3) is 11.1 Å². The number of nitrogens with one attached hydrogen (secondary N) is 1. The average molecular weight is 664 g/mol. The Kier molecular flexibility index (Phi) is 9.84. The molecule has 40 heavy (non-hydrogen) atoms. The minimum Gasteiger partial charge on any atom is -0.490 e. The summed E-state index contributed by atoms with van der Waals surface area (Å²) in [6.45, 7) is 5.84. The summed E-state index contributed by atoms with van der Waals surface area (Å²) in [5, 5.41) is 3.26. The molecule has 4 rings (SSSR count). The smallest absolute Gasteiger partial charge is 0.294 e. The fourth-order valence-corrected chi connectivity index (χ4v) is 5.81. The van der Waals surface area contributed by atoms with E-state index in [1.165, 1.54) is 0 Å². The molecule has 0 unspecified atom stereocenters. The molecule has 3 aromatic carbocycles. The van der Waals surface area contributed by atoms with Crippen molar-refractivity contribution in [1.82, 2.24) is 4.90 Å². The van der Waals surface area contributed by atoms with Gasteiger partial charge in [-0.3, -0.25) is 19.3 Å². The highest BCUT2D eigenvalue weighted by molar-refractivity contribution is 9.10. The predicted molar refractivity (Wildman–Crippen MR) is 163 cm³/mol. The lowest BCUT2D eigenvalue weighted by Crippen LogP contribution is -2.36. The molecule has 0 aromatic heterocycles. The van der Waals surface area contributed by atoms with Crippen LogP contribution in [0.1, 0.15) is 29.2 Å². The van der Waals surface area contributed by atoms with Crippen molar-refractivity contribution in [2.45, 2.75) is 27.4 Å². The molecule has 11 heteroatoms. The van der Waals surface area contributed by atoms with Gasteiger partial charge in [0.15, 0.2) is 11.5 Å². The van der Waals surface area contributed by atoms with E-state index in [2.05, 4.69) is 21.2 Å². The van der Waals surface area contributed by atoms with Crippen molar-refractivity contribution in [2.75, 3.05) is 18.5 Å². The second-order valence-electron chi connectivity index (χ2n) is 8.92. The van der Waals surface area contributed by atoms with Gasteiger partial charge in [0.1, 0.15) is 13.2 Å². The fraction of sp³-hybridized carbons (Fsp3) is 0.207. The summed E-state index contributed by atoms with van der Waals surface area (Å²) in [6, 6.07) is 14.2. The molecule has 208 valence electrons. The first-order valence-electron chi connectivity index (χ1n) is 12.2. The highest BCUT2D eigenvalue weighted by Crippen LogP contribution is 2.40. The molecule has 1 aliphatic heterocycles. The number of anilines is 1. The quantitative estimate of drug-likeness (QED) is 0.233. The van der Waals surface area contributed by atoms with Crippen LogP contribution < -0.4 is 14.8 Å². The van der Waals surface area contributed by atoms with E-state index in [1.54, 1.807) is 42.5 Å². The first-order valence-corrected chi connectivity index (χ1v) is 14.6. The summed E-state index contributed by atoms with van der Waals surface area (Å²) in [4.78, 5) is 39.4. The Morgan fingerprint density at radius 2 is 1.85 bits per heavy atom. The van der Waals surface area contributed by atoms with Crippen molar-refractivity contribution < 1.29 is 23.9 Å². The van der Waals surface area contributed by atoms with Gasteiger partial charge in [0.05, 0.1) is 16.0 Å². The van der Waals surface area contributed by atoms with Gasteiger partial charge < -0.3 is 14.8 Å². The molecule has 1 aliphatic rings. The van der Waals surface area contributed by atoms with Crippen LogP contribution in [0.25, 0.3) is 6.08 Å². The lowest BCUT2D eigenvalue weighted by atomic mass is 10.1. The largest absolute Gasteiger partial charge is 0.490 e. The molecule has 3 amide bonds. The van der Waals surface area contributed by atoms with Crippen molar-refractivity contribution in [3.05, 3.63) is 90.2 Å². The van der Waals surface area contributed by atoms with Gasteiger partial charge in [0, 0.05) is 21.3 Å². The number of benzene rings is 3. The molecule has 1 N–H and O–H groups in total. The first kappa shape index (κ1) is 30.0. The van der Waals surface area contributed by atoms with Gasteiger partial charge in [-0.05, 0) is 96.0 Å². The summed E-state index contributed by atoms with van der Waals surface area (Å²) in [5.41, 5.74) is 3.95. The molecule has 0 atom stereocenters. The zero-order valence-electron chi connectivity index (χ0n) is 21.8. The van der Waals surface area contributed by atoms with E-state index >= 15 is 0 Å². The molecular formula is C29H25BrCl2N2O5S. The third-order valence-corrected chi connectivity index (χ3v) is 7.93. The number of thioether (sulfide) groups is 1. The van der Waals surface area contributed by atoms with Crippen molar-refractivity contribution in [3.8, 4) is 11.5 Å². The van der Waals surface area contributed by atoms with Crippen LogP contribution in [0.2, 0.25) is 10.0 Å². The van der Waals surface area contributed by atoms with Gasteiger partial charge in [-0.1, -0.05) is 47.0 Å². The van der Waals surface area contributed by atoms with Crippen molar-refractivity contribution in [1.29, 1.82) is 0 Å². The minimum absolute atomic E-state index is 0.178. The normalized spacial score (nSPS) is 14.2. The summed E-state index contributed by atoms with van der Waals surface area (Å²) in [7, 11) is 0. The Morgan fingerprint density at radius 3 is 2.55 bits per heavy atom. The number of aryl methyl sites for hydroxylation is 2. The van der Waals surface area contributed by atoms with Crippen LogP contribution in [0.5, 0.6) is 11.5 Å². The second kappa shape index (κ2) is 13.1. The highest BCUT2D eigenvalue weighted by atomic mass is 79.9. The van der Waals surface area contributed by atoms with E-state index in [0.717, 1.165) is 33.4 Å². The summed E-state index contributed by atoms with van der Waals surface area (Å²) < 4.78 is 12.4. The van der Waals surface area contributed by atoms with Gasteiger partial charge in [0.2, 0.25) is 5.91 Å². The van der Waals surface area contributed by atoms with Gasteiger partial charge in [-0.2, -0.15) is 0 Å². The highest BCUT2D eigenvalue weighted by Gasteiger charge is 2.36. The Morgan fingerprint density at radius 1 is 1.07 bits per heavy atom. The molecular weight excluding hydrogens is 639 g/mol. The number of nitrogens with zero attached hydrogens (tertiary/aromatic N) is 1. The van der Waals surface area contributed by atoms with Crippen LogP contribution in [0.4, 0.5) is 10.5 Å². The van der Waals surface area contributed by atoms with Crippen molar-refractivity contribution >= 4 is 79.7 Å². The molecule has 0 radical (unpaired) electrons. The second-order valence-corrected chi connectivity index (χ2v) is 11.6. The van der Waals surface area contributed by atoms with E-state index in [-0.39, 0.29) is 18.1 Å². The molecule has 3 aromatic rings. The number of hydrogen-bond acceptors (Lipinski definition) is 6. The summed E-state index contributed by atoms with van der Waals surface area (Å²) >= 11 is 16.6. The third kappa shape index (κ3) is 7.20. The van der Waals surface area contributed by atoms with E-state index < -0.39 is 17.1 Å². The van der Waals surface area contributed by atoms with Crippen LogP contribution in [0.3, 0.4) is 0 Å². The number of amides is 3. The number of carbonyl (C=O) groups is 3. The predicted octanol–water partition coefficient (Wildman–Crippen LogP) is 8.03. The first-order chi connectivity index (χ1) is 19.0. The number of ether oxygens (including phenoxy) is 2. The Hall–Kier alpha value is -2.98. The topological polar surface area (TPSA) is 84.9 Å². The van der Waals surface area contributed by atoms with E-state index in [1.807, 2.05) is 32.9 Å². The summed E-state index contributed by atoms with van der Waals surface area (Å²) in [6.07, 6.45) is 1.58. The number of imide groups is 1. The maximum Gasteiger partial charge on any atom is 0.294 e. The number of carbonyl (C=O) groups excluding carboxylic acids is 3. The maximum absolute atomic E-state index is 13.0. The zero-order chi connectivity index (χ0) is 29.0. The average Bonchev–Trinajstić information content (AvgIpc) is 3.13. The minimum atomic E-state index is -0.544. The van der Waals surface area contributed by atoms with Crippen LogP contribution in [0.15, 0.2) is 57.9 Å². The van der Waals surface area contributed by atoms with Crippen LogP contribution >= 0.6 is 50.9 Å². The molecule has 0 aliphatic carbocycles. The van der Waals surface area contributed by atoms with E-state index in [0.29, 0.717) is 43.9 Å². The fourth-order valence-electron chi connectivity index (χ4n) is 3.94. The van der Waals surface area contributed by atoms with Crippen molar-refractivity contribution in [2.24, 2.45) is 0 Å². The van der Waals surface area contributed by atoms with E-state index in [4.69, 9.17) is 32.7 Å². The molecule has 0 bridgehead atoms. The molecule has 0 spiro atoms. The third-order valence-electron chi connectivity index (χ3n) is 5.85. The number of hydrogen-bond donors (Lipinski definition) is 1. The summed E-state index contributed by atoms with van der Waals surface area (Å²) in [5.74, 6) is -0.0989. The SMILES string of the molecule is CCOc1cc(/C=C2\SC(=O)N(CC(=O)Nc3ccc(C)cc3C)C2=O)cc(Br)c1OCc1ccc(Cl)cc1Cl. The molecule has 1 fully saturated rings. The maximum atomic E-state index is 13.0. The molecule has 1 saturated heterocycles. The molecule has 0 saturated carbocycles. The van der Waals surface area contributed by atoms with E-state index in [9.17, 15) is 14.4 Å². The number of halogens is 3.